The van der Waals surface area contributed by atoms with Crippen molar-refractivity contribution >= 4 is 27.7 Å². The van der Waals surface area contributed by atoms with Gasteiger partial charge < -0.3 is 5.32 Å². The van der Waals surface area contributed by atoms with Gasteiger partial charge in [-0.15, -0.1) is 0 Å². The standard InChI is InChI=1S/C19H29N3O3S2/c1-15(19(23)21-16-8-4-2-5-9-16)26-18-11-10-17(14-20-18)27(24,25)22-12-6-3-7-13-22/h10-11,14-16H,2-9,12-13H2,1H3,(H,21,23)/t15-/m1/s1. The molecule has 1 amide bonds. The Bertz CT molecular complexity index is 725. The number of hydrogen-bond donors (Lipinski definition) is 1. The third-order valence-electron chi connectivity index (χ3n) is 5.28. The van der Waals surface area contributed by atoms with Gasteiger partial charge in [-0.2, -0.15) is 4.31 Å². The van der Waals surface area contributed by atoms with Gasteiger partial charge in [0.15, 0.2) is 0 Å². The van der Waals surface area contributed by atoms with E-state index < -0.39 is 10.0 Å². The van der Waals surface area contributed by atoms with E-state index >= 15 is 0 Å². The maximum Gasteiger partial charge on any atom is 0.244 e. The predicted molar refractivity (Wildman–Crippen MR) is 107 cm³/mol. The minimum atomic E-state index is -3.46. The highest BCUT2D eigenvalue weighted by Crippen LogP contribution is 2.25. The second kappa shape index (κ2) is 9.39. The molecule has 2 aliphatic rings. The molecular formula is C19H29N3O3S2. The molecule has 150 valence electrons. The van der Waals surface area contributed by atoms with E-state index in [-0.39, 0.29) is 16.1 Å². The van der Waals surface area contributed by atoms with Crippen LogP contribution in [-0.2, 0) is 14.8 Å². The summed E-state index contributed by atoms with van der Waals surface area (Å²) in [6.07, 6.45) is 10.1. The molecule has 1 N–H and O–H groups in total. The van der Waals surface area contributed by atoms with Crippen LogP contribution in [0.3, 0.4) is 0 Å². The minimum absolute atomic E-state index is 0.0266. The molecule has 6 nitrogen and oxygen atoms in total. The molecule has 2 heterocycles. The second-order valence-electron chi connectivity index (χ2n) is 7.40. The number of amides is 1. The maximum absolute atomic E-state index is 12.7. The van der Waals surface area contributed by atoms with Crippen molar-refractivity contribution in [2.24, 2.45) is 0 Å². The van der Waals surface area contributed by atoms with Gasteiger partial charge in [-0.1, -0.05) is 37.4 Å². The summed E-state index contributed by atoms with van der Waals surface area (Å²) in [6, 6.07) is 3.59. The van der Waals surface area contributed by atoms with E-state index in [0.717, 1.165) is 32.1 Å². The molecule has 0 unspecified atom stereocenters. The van der Waals surface area contributed by atoms with E-state index in [4.69, 9.17) is 0 Å². The van der Waals surface area contributed by atoms with Crippen LogP contribution in [0.5, 0.6) is 0 Å². The summed E-state index contributed by atoms with van der Waals surface area (Å²) in [5.41, 5.74) is 0. The number of rotatable bonds is 6. The van der Waals surface area contributed by atoms with Crippen molar-refractivity contribution < 1.29 is 13.2 Å². The minimum Gasteiger partial charge on any atom is -0.352 e. The lowest BCUT2D eigenvalue weighted by atomic mass is 9.95. The molecule has 1 atom stereocenters. The average Bonchev–Trinajstić information content (AvgIpc) is 2.70. The summed E-state index contributed by atoms with van der Waals surface area (Å²) in [6.45, 7) is 3.03. The van der Waals surface area contributed by atoms with E-state index in [2.05, 4.69) is 10.3 Å². The number of sulfonamides is 1. The highest BCUT2D eigenvalue weighted by atomic mass is 32.2. The van der Waals surface area contributed by atoms with Crippen molar-refractivity contribution in [2.75, 3.05) is 13.1 Å². The monoisotopic (exact) mass is 411 g/mol. The molecule has 27 heavy (non-hydrogen) atoms. The van der Waals surface area contributed by atoms with Crippen LogP contribution < -0.4 is 5.32 Å². The lowest BCUT2D eigenvalue weighted by Crippen LogP contribution is -2.40. The molecule has 3 rings (SSSR count). The van der Waals surface area contributed by atoms with Crippen molar-refractivity contribution in [1.29, 1.82) is 0 Å². The van der Waals surface area contributed by atoms with Gasteiger partial charge in [-0.05, 0) is 44.7 Å². The Morgan fingerprint density at radius 3 is 2.44 bits per heavy atom. The van der Waals surface area contributed by atoms with Crippen molar-refractivity contribution in [2.45, 2.75) is 79.5 Å². The third-order valence-corrected chi connectivity index (χ3v) is 8.21. The van der Waals surface area contributed by atoms with E-state index in [1.807, 2.05) is 6.92 Å². The molecule has 0 bridgehead atoms. The molecule has 8 heteroatoms. The van der Waals surface area contributed by atoms with Gasteiger partial charge in [0.05, 0.1) is 10.3 Å². The number of nitrogens with zero attached hydrogens (tertiary/aromatic N) is 2. The Balaban J connectivity index is 1.57. The summed E-state index contributed by atoms with van der Waals surface area (Å²) >= 11 is 1.36. The molecule has 1 aliphatic heterocycles. The summed E-state index contributed by atoms with van der Waals surface area (Å²) in [5, 5.41) is 3.53. The summed E-state index contributed by atoms with van der Waals surface area (Å²) in [7, 11) is -3.46. The van der Waals surface area contributed by atoms with Gasteiger partial charge >= 0.3 is 0 Å². The Labute approximate surface area is 166 Å². The SMILES string of the molecule is C[C@@H](Sc1ccc(S(=O)(=O)N2CCCCC2)cn1)C(=O)NC1CCCCC1. The first-order chi connectivity index (χ1) is 13.0. The van der Waals surface area contributed by atoms with Crippen molar-refractivity contribution in [3.05, 3.63) is 18.3 Å². The fraction of sp³-hybridized carbons (Fsp3) is 0.684. The zero-order chi connectivity index (χ0) is 19.3. The zero-order valence-electron chi connectivity index (χ0n) is 15.9. The van der Waals surface area contributed by atoms with Crippen LogP contribution in [-0.4, -0.2) is 48.0 Å². The average molecular weight is 412 g/mol. The number of nitrogens with one attached hydrogen (secondary N) is 1. The van der Waals surface area contributed by atoms with Crippen LogP contribution in [0.15, 0.2) is 28.3 Å². The molecule has 0 spiro atoms. The number of thioether (sulfide) groups is 1. The fourth-order valence-corrected chi connectivity index (χ4v) is 5.90. The van der Waals surface area contributed by atoms with Crippen LogP contribution in [0.25, 0.3) is 0 Å². The van der Waals surface area contributed by atoms with Gasteiger partial charge in [0, 0.05) is 25.3 Å². The smallest absolute Gasteiger partial charge is 0.244 e. The molecule has 2 fully saturated rings. The number of pyridine rings is 1. The first-order valence-corrected chi connectivity index (χ1v) is 12.2. The first-order valence-electron chi connectivity index (χ1n) is 9.90. The largest absolute Gasteiger partial charge is 0.352 e. The molecule has 1 aliphatic carbocycles. The van der Waals surface area contributed by atoms with Crippen molar-refractivity contribution in [1.82, 2.24) is 14.6 Å². The lowest BCUT2D eigenvalue weighted by Gasteiger charge is -2.25. The molecule has 0 aromatic carbocycles. The first kappa shape index (κ1) is 20.6. The van der Waals surface area contributed by atoms with Gasteiger partial charge in [0.1, 0.15) is 4.90 Å². The van der Waals surface area contributed by atoms with Crippen LogP contribution in [0.4, 0.5) is 0 Å². The van der Waals surface area contributed by atoms with Gasteiger partial charge in [-0.25, -0.2) is 13.4 Å². The molecular weight excluding hydrogens is 382 g/mol. The summed E-state index contributed by atoms with van der Waals surface area (Å²) < 4.78 is 26.9. The van der Waals surface area contributed by atoms with Crippen molar-refractivity contribution in [3.63, 3.8) is 0 Å². The normalized spacial score (nSPS) is 20.9. The second-order valence-corrected chi connectivity index (χ2v) is 10.7. The topological polar surface area (TPSA) is 79.4 Å². The Hall–Kier alpha value is -1.12. The molecule has 0 radical (unpaired) electrons. The van der Waals surface area contributed by atoms with Crippen LogP contribution >= 0.6 is 11.8 Å². The van der Waals surface area contributed by atoms with Gasteiger partial charge in [0.2, 0.25) is 15.9 Å². The number of carbonyl (C=O) groups is 1. The predicted octanol–water partition coefficient (Wildman–Crippen LogP) is 3.19. The van der Waals surface area contributed by atoms with Crippen LogP contribution in [0, 0.1) is 0 Å². The number of aromatic nitrogens is 1. The summed E-state index contributed by atoms with van der Waals surface area (Å²) in [5.74, 6) is 0.0266. The van der Waals surface area contributed by atoms with Gasteiger partial charge in [0.25, 0.3) is 0 Å². The molecule has 1 saturated carbocycles. The number of carbonyl (C=O) groups excluding carboxylic acids is 1. The Morgan fingerprint density at radius 2 is 1.81 bits per heavy atom. The Kier molecular flexibility index (Phi) is 7.16. The van der Waals surface area contributed by atoms with E-state index in [1.165, 1.54) is 37.2 Å². The molecule has 1 aromatic rings. The Morgan fingerprint density at radius 1 is 1.15 bits per heavy atom. The molecule has 1 saturated heterocycles. The maximum atomic E-state index is 12.7. The van der Waals surface area contributed by atoms with E-state index in [1.54, 1.807) is 16.4 Å². The molecule has 1 aromatic heterocycles. The zero-order valence-corrected chi connectivity index (χ0v) is 17.5. The summed E-state index contributed by atoms with van der Waals surface area (Å²) in [4.78, 5) is 16.9. The lowest BCUT2D eigenvalue weighted by molar-refractivity contribution is -0.121. The van der Waals surface area contributed by atoms with E-state index in [0.29, 0.717) is 24.2 Å². The number of hydrogen-bond acceptors (Lipinski definition) is 5. The quantitative estimate of drug-likeness (QED) is 0.727. The third kappa shape index (κ3) is 5.45. The van der Waals surface area contributed by atoms with Crippen molar-refractivity contribution in [3.8, 4) is 0 Å². The highest BCUT2D eigenvalue weighted by Gasteiger charge is 2.26. The van der Waals surface area contributed by atoms with Crippen LogP contribution in [0.2, 0.25) is 0 Å². The van der Waals surface area contributed by atoms with Crippen LogP contribution in [0.1, 0.15) is 58.3 Å². The van der Waals surface area contributed by atoms with E-state index in [9.17, 15) is 13.2 Å². The fourth-order valence-electron chi connectivity index (χ4n) is 3.64. The van der Waals surface area contributed by atoms with Gasteiger partial charge in [-0.3, -0.25) is 4.79 Å². The highest BCUT2D eigenvalue weighted by molar-refractivity contribution is 8.00. The number of piperidine rings is 1.